The summed E-state index contributed by atoms with van der Waals surface area (Å²) in [5.41, 5.74) is 2.96. The number of aromatic hydroxyl groups is 1. The smallest absolute Gasteiger partial charge is 0.134 e. The highest BCUT2D eigenvalue weighted by Crippen LogP contribution is 2.68. The fraction of sp³-hybridized carbons (Fsp3) is 0.613. The zero-order valence-corrected chi connectivity index (χ0v) is 23.0. The first kappa shape index (κ1) is 25.9. The number of halogens is 1. The minimum absolute atomic E-state index is 0.115. The summed E-state index contributed by atoms with van der Waals surface area (Å²) in [4.78, 5) is 2.37. The molecule has 2 aromatic carbocycles. The van der Waals surface area contributed by atoms with E-state index in [1.165, 1.54) is 11.1 Å². The number of ether oxygens (including phenoxy) is 1. The average molecular weight is 512 g/mol. The molecule has 0 aliphatic heterocycles. The third kappa shape index (κ3) is 4.23. The molecule has 0 saturated heterocycles. The molecule has 0 spiro atoms. The summed E-state index contributed by atoms with van der Waals surface area (Å²) in [7, 11) is 0. The second-order valence-electron chi connectivity index (χ2n) is 11.8. The van der Waals surface area contributed by atoms with Gasteiger partial charge >= 0.3 is 0 Å². The molecule has 196 valence electrons. The zero-order chi connectivity index (χ0) is 25.7. The van der Waals surface area contributed by atoms with Gasteiger partial charge in [0, 0.05) is 6.54 Å². The van der Waals surface area contributed by atoms with Crippen molar-refractivity contribution in [2.75, 3.05) is 26.2 Å². The van der Waals surface area contributed by atoms with Crippen molar-refractivity contribution < 1.29 is 14.9 Å². The van der Waals surface area contributed by atoms with Crippen molar-refractivity contribution in [2.24, 2.45) is 17.3 Å². The van der Waals surface area contributed by atoms with E-state index in [4.69, 9.17) is 16.3 Å². The van der Waals surface area contributed by atoms with E-state index < -0.39 is 5.60 Å². The van der Waals surface area contributed by atoms with Crippen LogP contribution in [-0.4, -0.2) is 47.0 Å². The van der Waals surface area contributed by atoms with Gasteiger partial charge in [0.2, 0.25) is 0 Å². The largest absolute Gasteiger partial charge is 0.506 e. The summed E-state index contributed by atoms with van der Waals surface area (Å²) >= 11 is 6.62. The molecule has 3 aliphatic carbocycles. The van der Waals surface area contributed by atoms with Gasteiger partial charge in [0.15, 0.2) is 0 Å². The Hall–Kier alpha value is -1.75. The lowest BCUT2D eigenvalue weighted by Crippen LogP contribution is -2.51. The van der Waals surface area contributed by atoms with E-state index in [2.05, 4.69) is 62.9 Å². The molecule has 5 rings (SSSR count). The number of phenols is 1. The molecule has 0 heterocycles. The van der Waals surface area contributed by atoms with Crippen LogP contribution in [0.3, 0.4) is 0 Å². The van der Waals surface area contributed by atoms with E-state index in [1.54, 1.807) is 6.07 Å². The first-order chi connectivity index (χ1) is 17.2. The van der Waals surface area contributed by atoms with Crippen molar-refractivity contribution in [1.82, 2.24) is 4.90 Å². The summed E-state index contributed by atoms with van der Waals surface area (Å²) in [6.45, 7) is 12.4. The van der Waals surface area contributed by atoms with Gasteiger partial charge in [0.05, 0.1) is 10.6 Å². The highest BCUT2D eigenvalue weighted by molar-refractivity contribution is 6.32. The van der Waals surface area contributed by atoms with Crippen molar-refractivity contribution in [2.45, 2.75) is 77.2 Å². The molecule has 6 atom stereocenters. The van der Waals surface area contributed by atoms with E-state index in [1.807, 2.05) is 0 Å². The Morgan fingerprint density at radius 2 is 1.78 bits per heavy atom. The fourth-order valence-corrected chi connectivity index (χ4v) is 8.20. The number of likely N-dealkylation sites (N-methyl/N-ethyl adjacent to an activating group) is 1. The third-order valence-electron chi connectivity index (χ3n) is 10.3. The van der Waals surface area contributed by atoms with Crippen molar-refractivity contribution in [3.05, 3.63) is 58.1 Å². The molecule has 0 amide bonds. The Labute approximate surface area is 221 Å². The number of hydrogen-bond donors (Lipinski definition) is 2. The summed E-state index contributed by atoms with van der Waals surface area (Å²) in [6.07, 6.45) is 4.85. The van der Waals surface area contributed by atoms with E-state index in [-0.39, 0.29) is 17.1 Å². The normalized spacial score (nSPS) is 33.2. The van der Waals surface area contributed by atoms with Crippen LogP contribution < -0.4 is 4.74 Å². The van der Waals surface area contributed by atoms with Crippen molar-refractivity contribution in [1.29, 1.82) is 0 Å². The minimum atomic E-state index is -0.652. The van der Waals surface area contributed by atoms with Gasteiger partial charge in [-0.3, -0.25) is 0 Å². The molecule has 2 saturated carbocycles. The van der Waals surface area contributed by atoms with E-state index in [0.29, 0.717) is 29.4 Å². The number of hydrogen-bond acceptors (Lipinski definition) is 4. The summed E-state index contributed by atoms with van der Waals surface area (Å²) < 4.78 is 6.07. The van der Waals surface area contributed by atoms with Crippen molar-refractivity contribution >= 4 is 11.6 Å². The first-order valence-electron chi connectivity index (χ1n) is 13.9. The van der Waals surface area contributed by atoms with Crippen LogP contribution in [0.2, 0.25) is 5.02 Å². The van der Waals surface area contributed by atoms with Gasteiger partial charge < -0.3 is 19.8 Å². The maximum atomic E-state index is 11.5. The monoisotopic (exact) mass is 511 g/mol. The molecule has 0 unspecified atom stereocenters. The molecule has 0 radical (unpaired) electrons. The molecule has 2 fully saturated rings. The Balaban J connectivity index is 1.47. The standard InChI is InChI=1S/C31H42ClNO3/c1-5-33(6-2)17-18-36-21-9-7-20(8-10-21)25-19-30(3)26(15-16-31(30,4)35)24-12-11-23-22(28(24)25)13-14-27(34)29(23)32/h7-10,13-14,24-26,28,34-35H,5-6,11-12,15-19H2,1-4H3/t24-,25+,26-,28+,30-,31-/m0/s1. The Morgan fingerprint density at radius 3 is 2.47 bits per heavy atom. The van der Waals surface area contributed by atoms with Gasteiger partial charge in [-0.1, -0.05) is 50.6 Å². The van der Waals surface area contributed by atoms with Crippen LogP contribution >= 0.6 is 11.6 Å². The van der Waals surface area contributed by atoms with Crippen molar-refractivity contribution in [3.63, 3.8) is 0 Å². The predicted octanol–water partition coefficient (Wildman–Crippen LogP) is 6.77. The molecule has 2 aromatic rings. The summed E-state index contributed by atoms with van der Waals surface area (Å²) in [5, 5.41) is 22.3. The molecular weight excluding hydrogens is 470 g/mol. The number of benzene rings is 2. The molecule has 36 heavy (non-hydrogen) atoms. The Kier molecular flexibility index (Phi) is 7.08. The third-order valence-corrected chi connectivity index (χ3v) is 10.7. The number of fused-ring (bicyclic) bond motifs is 5. The van der Waals surface area contributed by atoms with Gasteiger partial charge in [0.1, 0.15) is 18.1 Å². The first-order valence-corrected chi connectivity index (χ1v) is 14.3. The number of rotatable bonds is 7. The Morgan fingerprint density at radius 1 is 1.06 bits per heavy atom. The van der Waals surface area contributed by atoms with E-state index in [9.17, 15) is 10.2 Å². The van der Waals surface area contributed by atoms with Crippen LogP contribution in [0.15, 0.2) is 36.4 Å². The molecule has 0 bridgehead atoms. The van der Waals surface area contributed by atoms with E-state index in [0.717, 1.165) is 63.1 Å². The van der Waals surface area contributed by atoms with Gasteiger partial charge in [-0.05, 0) is 116 Å². The lowest BCUT2D eigenvalue weighted by atomic mass is 9.49. The van der Waals surface area contributed by atoms with Crippen LogP contribution in [0.1, 0.15) is 81.9 Å². The molecule has 4 nitrogen and oxygen atoms in total. The van der Waals surface area contributed by atoms with Crippen LogP contribution in [-0.2, 0) is 6.42 Å². The van der Waals surface area contributed by atoms with Crippen LogP contribution in [0, 0.1) is 17.3 Å². The molecule has 0 aromatic heterocycles. The van der Waals surface area contributed by atoms with Gasteiger partial charge in [-0.2, -0.15) is 0 Å². The second-order valence-corrected chi connectivity index (χ2v) is 12.2. The topological polar surface area (TPSA) is 52.9 Å². The predicted molar refractivity (Wildman–Crippen MR) is 146 cm³/mol. The lowest BCUT2D eigenvalue weighted by Gasteiger charge is -2.56. The quantitative estimate of drug-likeness (QED) is 0.431. The average Bonchev–Trinajstić information content (AvgIpc) is 3.12. The maximum absolute atomic E-state index is 11.5. The highest BCUT2D eigenvalue weighted by atomic mass is 35.5. The van der Waals surface area contributed by atoms with Gasteiger partial charge in [-0.25, -0.2) is 0 Å². The van der Waals surface area contributed by atoms with Gasteiger partial charge in [0.25, 0.3) is 0 Å². The molecule has 2 N–H and O–H groups in total. The SMILES string of the molecule is CCN(CC)CCOc1ccc([C@H]2C[C@@]3(C)[C@@H](CC[C@]3(C)O)[C@@H]3CCc4c(ccc(O)c4Cl)[C@H]32)cc1. The lowest BCUT2D eigenvalue weighted by molar-refractivity contribution is -0.0963. The van der Waals surface area contributed by atoms with Crippen molar-refractivity contribution in [3.8, 4) is 11.5 Å². The fourth-order valence-electron chi connectivity index (χ4n) is 7.93. The zero-order valence-electron chi connectivity index (χ0n) is 22.3. The molecule has 3 aliphatic rings. The second kappa shape index (κ2) is 9.85. The Bertz CT molecular complexity index is 1080. The number of nitrogens with zero attached hydrogens (tertiary/aromatic N) is 1. The summed E-state index contributed by atoms with van der Waals surface area (Å²) in [5.74, 6) is 2.71. The minimum Gasteiger partial charge on any atom is -0.506 e. The number of aliphatic hydroxyl groups is 1. The van der Waals surface area contributed by atoms with Crippen LogP contribution in [0.5, 0.6) is 11.5 Å². The highest BCUT2D eigenvalue weighted by Gasteiger charge is 2.62. The molecule has 5 heteroatoms. The summed E-state index contributed by atoms with van der Waals surface area (Å²) in [6, 6.07) is 12.6. The van der Waals surface area contributed by atoms with Crippen LogP contribution in [0.4, 0.5) is 0 Å². The van der Waals surface area contributed by atoms with Crippen LogP contribution in [0.25, 0.3) is 0 Å². The molecular formula is C31H42ClNO3. The van der Waals surface area contributed by atoms with Gasteiger partial charge in [-0.15, -0.1) is 0 Å². The van der Waals surface area contributed by atoms with E-state index >= 15 is 0 Å². The maximum Gasteiger partial charge on any atom is 0.134 e. The number of phenolic OH excluding ortho intramolecular Hbond substituents is 1.